The molecule has 1 aliphatic rings. The highest BCUT2D eigenvalue weighted by atomic mass is 19.1. The van der Waals surface area contributed by atoms with Crippen molar-refractivity contribution < 1.29 is 13.9 Å². The maximum atomic E-state index is 13.4. The lowest BCUT2D eigenvalue weighted by Gasteiger charge is -2.35. The topological polar surface area (TPSA) is 58.8 Å². The van der Waals surface area contributed by atoms with Gasteiger partial charge in [-0.25, -0.2) is 4.39 Å². The fraction of sp³-hybridized carbons (Fsp3) is 0.533. The Hall–Kier alpha value is -1.66. The van der Waals surface area contributed by atoms with Gasteiger partial charge in [-0.3, -0.25) is 9.69 Å². The van der Waals surface area contributed by atoms with Gasteiger partial charge in [-0.05, 0) is 18.2 Å². The summed E-state index contributed by atoms with van der Waals surface area (Å²) >= 11 is 0. The van der Waals surface area contributed by atoms with Gasteiger partial charge >= 0.3 is 0 Å². The van der Waals surface area contributed by atoms with E-state index in [0.717, 1.165) is 18.7 Å². The van der Waals surface area contributed by atoms with E-state index in [1.807, 2.05) is 4.90 Å². The number of nitrogens with two attached hydrogens (primary N) is 1. The van der Waals surface area contributed by atoms with Gasteiger partial charge in [-0.1, -0.05) is 0 Å². The molecule has 0 aromatic heterocycles. The summed E-state index contributed by atoms with van der Waals surface area (Å²) in [5, 5.41) is 0. The second-order valence-electron chi connectivity index (χ2n) is 5.15. The predicted molar refractivity (Wildman–Crippen MR) is 78.5 cm³/mol. The molecule has 1 saturated heterocycles. The predicted octanol–water partition coefficient (Wildman–Crippen LogP) is 0.827. The molecule has 1 aliphatic heterocycles. The number of hydrogen-bond donors (Lipinski definition) is 1. The molecule has 0 saturated carbocycles. The van der Waals surface area contributed by atoms with Crippen LogP contribution in [0.15, 0.2) is 18.2 Å². The fourth-order valence-corrected chi connectivity index (χ4v) is 2.55. The molecule has 0 radical (unpaired) electrons. The fourth-order valence-electron chi connectivity index (χ4n) is 2.55. The van der Waals surface area contributed by atoms with Gasteiger partial charge in [0.1, 0.15) is 11.6 Å². The average Bonchev–Trinajstić information content (AvgIpc) is 2.48. The Kier molecular flexibility index (Phi) is 5.52. The van der Waals surface area contributed by atoms with Crippen molar-refractivity contribution in [3.05, 3.63) is 29.6 Å². The lowest BCUT2D eigenvalue weighted by atomic mass is 10.1. The van der Waals surface area contributed by atoms with Crippen molar-refractivity contribution in [2.24, 2.45) is 5.73 Å². The number of rotatable bonds is 5. The molecule has 5 nitrogen and oxygen atoms in total. The van der Waals surface area contributed by atoms with Crippen molar-refractivity contribution in [1.29, 1.82) is 0 Å². The minimum absolute atomic E-state index is 0.112. The van der Waals surface area contributed by atoms with Gasteiger partial charge in [0.05, 0.1) is 7.11 Å². The number of nitrogens with zero attached hydrogens (tertiary/aromatic N) is 2. The molecule has 116 valence electrons. The molecule has 2 N–H and O–H groups in total. The molecular formula is C15H22FN3O2. The molecule has 1 aromatic carbocycles. The standard InChI is InChI=1S/C15H22FN3O2/c1-21-14-3-2-13(16)10-12(14)11-18-6-8-19(9-7-18)15(20)4-5-17/h2-3,10H,4-9,11,17H2,1H3. The van der Waals surface area contributed by atoms with E-state index in [1.54, 1.807) is 13.2 Å². The van der Waals surface area contributed by atoms with Gasteiger partial charge in [0.15, 0.2) is 0 Å². The summed E-state index contributed by atoms with van der Waals surface area (Å²) in [6.07, 6.45) is 0.401. The van der Waals surface area contributed by atoms with Crippen LogP contribution in [0.2, 0.25) is 0 Å². The largest absolute Gasteiger partial charge is 0.496 e. The highest BCUT2D eigenvalue weighted by Crippen LogP contribution is 2.21. The van der Waals surface area contributed by atoms with E-state index in [9.17, 15) is 9.18 Å². The molecule has 21 heavy (non-hydrogen) atoms. The van der Waals surface area contributed by atoms with E-state index >= 15 is 0 Å². The zero-order valence-corrected chi connectivity index (χ0v) is 12.3. The van der Waals surface area contributed by atoms with Crippen molar-refractivity contribution in [2.75, 3.05) is 39.8 Å². The highest BCUT2D eigenvalue weighted by molar-refractivity contribution is 5.76. The summed E-state index contributed by atoms with van der Waals surface area (Å²) in [7, 11) is 1.58. The van der Waals surface area contributed by atoms with Gasteiger partial charge in [0, 0.05) is 51.3 Å². The summed E-state index contributed by atoms with van der Waals surface area (Å²) in [4.78, 5) is 15.8. The van der Waals surface area contributed by atoms with Crippen LogP contribution in [0, 0.1) is 5.82 Å². The summed E-state index contributed by atoms with van der Waals surface area (Å²) in [6.45, 7) is 3.94. The maximum Gasteiger partial charge on any atom is 0.223 e. The van der Waals surface area contributed by atoms with E-state index in [4.69, 9.17) is 10.5 Å². The first-order valence-electron chi connectivity index (χ1n) is 7.16. The number of ether oxygens (including phenoxy) is 1. The van der Waals surface area contributed by atoms with Crippen LogP contribution in [0.25, 0.3) is 0 Å². The Labute approximate surface area is 124 Å². The molecule has 1 heterocycles. The van der Waals surface area contributed by atoms with Gasteiger partial charge in [-0.15, -0.1) is 0 Å². The number of halogens is 1. The first-order chi connectivity index (χ1) is 10.1. The molecule has 0 unspecified atom stereocenters. The number of carbonyl (C=O) groups is 1. The number of piperazine rings is 1. The monoisotopic (exact) mass is 295 g/mol. The van der Waals surface area contributed by atoms with Crippen molar-refractivity contribution in [2.45, 2.75) is 13.0 Å². The van der Waals surface area contributed by atoms with E-state index in [-0.39, 0.29) is 11.7 Å². The Morgan fingerprint density at radius 1 is 1.33 bits per heavy atom. The molecule has 1 fully saturated rings. The van der Waals surface area contributed by atoms with Crippen LogP contribution in [-0.4, -0.2) is 55.5 Å². The zero-order chi connectivity index (χ0) is 15.2. The van der Waals surface area contributed by atoms with E-state index in [1.165, 1.54) is 12.1 Å². The van der Waals surface area contributed by atoms with Crippen LogP contribution in [0.1, 0.15) is 12.0 Å². The molecule has 1 aromatic rings. The normalized spacial score (nSPS) is 16.0. The molecule has 0 atom stereocenters. The maximum absolute atomic E-state index is 13.4. The van der Waals surface area contributed by atoms with Gasteiger partial charge in [0.2, 0.25) is 5.91 Å². The molecule has 0 bridgehead atoms. The Bertz CT molecular complexity index is 488. The molecule has 6 heteroatoms. The third-order valence-corrected chi connectivity index (χ3v) is 3.72. The van der Waals surface area contributed by atoms with Crippen molar-refractivity contribution in [3.63, 3.8) is 0 Å². The number of carbonyl (C=O) groups excluding carboxylic acids is 1. The quantitative estimate of drug-likeness (QED) is 0.874. The van der Waals surface area contributed by atoms with Crippen molar-refractivity contribution in [1.82, 2.24) is 9.80 Å². The number of hydrogen-bond acceptors (Lipinski definition) is 4. The van der Waals surface area contributed by atoms with Gasteiger partial charge < -0.3 is 15.4 Å². The van der Waals surface area contributed by atoms with Gasteiger partial charge in [0.25, 0.3) is 0 Å². The van der Waals surface area contributed by atoms with E-state index in [0.29, 0.717) is 38.3 Å². The van der Waals surface area contributed by atoms with Crippen molar-refractivity contribution in [3.8, 4) is 5.75 Å². The second kappa shape index (κ2) is 7.38. The average molecular weight is 295 g/mol. The number of benzene rings is 1. The summed E-state index contributed by atoms with van der Waals surface area (Å²) < 4.78 is 18.6. The Morgan fingerprint density at radius 3 is 2.67 bits per heavy atom. The summed E-state index contributed by atoms with van der Waals surface area (Å²) in [5.41, 5.74) is 6.24. The molecule has 1 amide bonds. The molecule has 2 rings (SSSR count). The minimum Gasteiger partial charge on any atom is -0.496 e. The van der Waals surface area contributed by atoms with Gasteiger partial charge in [-0.2, -0.15) is 0 Å². The Morgan fingerprint density at radius 2 is 2.05 bits per heavy atom. The Balaban J connectivity index is 1.92. The highest BCUT2D eigenvalue weighted by Gasteiger charge is 2.21. The van der Waals surface area contributed by atoms with Crippen LogP contribution < -0.4 is 10.5 Å². The number of methoxy groups -OCH3 is 1. The van der Waals surface area contributed by atoms with E-state index < -0.39 is 0 Å². The molecule has 0 spiro atoms. The second-order valence-corrected chi connectivity index (χ2v) is 5.15. The minimum atomic E-state index is -0.262. The lowest BCUT2D eigenvalue weighted by Crippen LogP contribution is -2.48. The van der Waals surface area contributed by atoms with Crippen LogP contribution in [0.5, 0.6) is 5.75 Å². The van der Waals surface area contributed by atoms with Crippen LogP contribution in [0.3, 0.4) is 0 Å². The lowest BCUT2D eigenvalue weighted by molar-refractivity contribution is -0.132. The third kappa shape index (κ3) is 4.15. The third-order valence-electron chi connectivity index (χ3n) is 3.72. The summed E-state index contributed by atoms with van der Waals surface area (Å²) in [6, 6.07) is 4.54. The summed E-state index contributed by atoms with van der Waals surface area (Å²) in [5.74, 6) is 0.543. The number of amides is 1. The molecular weight excluding hydrogens is 273 g/mol. The van der Waals surface area contributed by atoms with Crippen LogP contribution in [0.4, 0.5) is 4.39 Å². The molecule has 0 aliphatic carbocycles. The smallest absolute Gasteiger partial charge is 0.223 e. The van der Waals surface area contributed by atoms with E-state index in [2.05, 4.69) is 4.90 Å². The van der Waals surface area contributed by atoms with Crippen molar-refractivity contribution >= 4 is 5.91 Å². The first-order valence-corrected chi connectivity index (χ1v) is 7.16. The zero-order valence-electron chi connectivity index (χ0n) is 12.3. The first kappa shape index (κ1) is 15.7. The van der Waals surface area contributed by atoms with Crippen LogP contribution in [-0.2, 0) is 11.3 Å². The SMILES string of the molecule is COc1ccc(F)cc1CN1CCN(C(=O)CCN)CC1. The van der Waals surface area contributed by atoms with Crippen LogP contribution >= 0.6 is 0 Å².